The molecule has 23 heteroatoms. The molecule has 2 aromatic carbocycles. The first kappa shape index (κ1) is 55.8. The molecule has 418 valence electrons. The molecule has 2 fully saturated rings. The number of aryl methyl sites for hydroxylation is 1. The summed E-state index contributed by atoms with van der Waals surface area (Å²) in [4.78, 5) is 135. The number of hydrogen-bond donors (Lipinski definition) is 7. The molecule has 9 rings (SSSR count). The number of likely N-dealkylation sites (tertiary alicyclic amines) is 1. The molecular formula is C56H64FN9O13. The Kier molecular flexibility index (Phi) is 16.4. The summed E-state index contributed by atoms with van der Waals surface area (Å²) in [6.07, 6.45) is 3.84. The van der Waals surface area contributed by atoms with Crippen molar-refractivity contribution < 1.29 is 62.1 Å². The first-order valence-corrected chi connectivity index (χ1v) is 26.8. The van der Waals surface area contributed by atoms with Crippen molar-refractivity contribution in [3.63, 3.8) is 0 Å². The van der Waals surface area contributed by atoms with E-state index in [2.05, 4.69) is 31.9 Å². The molecule has 1 unspecified atom stereocenters. The average Bonchev–Trinajstić information content (AvgIpc) is 4.29. The number of pyridine rings is 2. The number of fused-ring (bicyclic) bond motifs is 5. The number of aliphatic hydroxyl groups is 1. The van der Waals surface area contributed by atoms with E-state index in [1.165, 1.54) is 15.5 Å². The number of nitrogens with zero attached hydrogens (tertiary/aromatic N) is 3. The summed E-state index contributed by atoms with van der Waals surface area (Å²) in [5, 5.41) is 27.9. The number of esters is 1. The van der Waals surface area contributed by atoms with E-state index < -0.39 is 83.7 Å². The lowest BCUT2D eigenvalue weighted by Gasteiger charge is -2.31. The van der Waals surface area contributed by atoms with Gasteiger partial charge >= 0.3 is 5.97 Å². The normalized spacial score (nSPS) is 19.6. The summed E-state index contributed by atoms with van der Waals surface area (Å²) in [6, 6.07) is 10.1. The van der Waals surface area contributed by atoms with Crippen molar-refractivity contribution >= 4 is 64.1 Å². The fraction of sp³-hybridized carbons (Fsp3) is 0.482. The van der Waals surface area contributed by atoms with Crippen LogP contribution in [0.25, 0.3) is 22.3 Å². The molecule has 22 nitrogen and oxygen atoms in total. The number of imide groups is 1. The molecule has 7 N–H and O–H groups in total. The topological polar surface area (TPSA) is 303 Å². The lowest BCUT2D eigenvalue weighted by molar-refractivity contribution is -0.172. The van der Waals surface area contributed by atoms with E-state index in [4.69, 9.17) is 14.5 Å². The van der Waals surface area contributed by atoms with E-state index in [-0.39, 0.29) is 92.8 Å². The highest BCUT2D eigenvalue weighted by molar-refractivity contribution is 6.03. The molecule has 0 spiro atoms. The largest absolute Gasteiger partial charge is 0.458 e. The van der Waals surface area contributed by atoms with Crippen LogP contribution >= 0.6 is 0 Å². The molecular weight excluding hydrogens is 1030 g/mol. The number of benzene rings is 2. The second-order valence-electron chi connectivity index (χ2n) is 21.1. The molecule has 3 aliphatic heterocycles. The molecule has 1 saturated heterocycles. The van der Waals surface area contributed by atoms with Gasteiger partial charge in [-0.15, -0.1) is 0 Å². The summed E-state index contributed by atoms with van der Waals surface area (Å²) in [5.74, 6) is -5.30. The van der Waals surface area contributed by atoms with Gasteiger partial charge < -0.3 is 51.0 Å². The van der Waals surface area contributed by atoms with Crippen LogP contribution in [0, 0.1) is 24.1 Å². The maximum Gasteiger partial charge on any atom is 0.343 e. The van der Waals surface area contributed by atoms with Crippen molar-refractivity contribution in [3.05, 3.63) is 97.6 Å². The minimum atomic E-state index is -2.04. The smallest absolute Gasteiger partial charge is 0.343 e. The van der Waals surface area contributed by atoms with E-state index >= 15 is 4.39 Å². The summed E-state index contributed by atoms with van der Waals surface area (Å²) in [7, 11) is 0. The number of aromatic nitrogens is 2. The molecule has 0 radical (unpaired) electrons. The fourth-order valence-corrected chi connectivity index (χ4v) is 11.0. The van der Waals surface area contributed by atoms with E-state index in [0.717, 1.165) is 5.56 Å². The first-order valence-electron chi connectivity index (χ1n) is 26.8. The number of nitrogens with one attached hydrogen (secondary N) is 6. The zero-order valence-electron chi connectivity index (χ0n) is 44.3. The van der Waals surface area contributed by atoms with Crippen LogP contribution in [-0.2, 0) is 84.2 Å². The number of hydrogen-bond acceptors (Lipinski definition) is 14. The Balaban J connectivity index is 0.746. The Hall–Kier alpha value is -7.92. The van der Waals surface area contributed by atoms with E-state index in [9.17, 15) is 53.1 Å². The molecule has 4 aromatic rings. The van der Waals surface area contributed by atoms with Gasteiger partial charge in [0.1, 0.15) is 25.2 Å². The van der Waals surface area contributed by atoms with Crippen LogP contribution in [0.2, 0.25) is 0 Å². The summed E-state index contributed by atoms with van der Waals surface area (Å²) >= 11 is 0. The lowest BCUT2D eigenvalue weighted by atomic mass is 9.81. The maximum absolute atomic E-state index is 15.5. The molecule has 2 aliphatic carbocycles. The first-order chi connectivity index (χ1) is 37.8. The summed E-state index contributed by atoms with van der Waals surface area (Å²) in [6.45, 7) is 3.39. The second kappa shape index (κ2) is 23.2. The predicted molar refractivity (Wildman–Crippen MR) is 279 cm³/mol. The van der Waals surface area contributed by atoms with Crippen molar-refractivity contribution in [2.45, 2.75) is 122 Å². The van der Waals surface area contributed by atoms with Crippen molar-refractivity contribution in [2.24, 2.45) is 11.3 Å². The van der Waals surface area contributed by atoms with Crippen molar-refractivity contribution in [1.82, 2.24) is 46.4 Å². The van der Waals surface area contributed by atoms with E-state index in [1.807, 2.05) is 0 Å². The number of ether oxygens (including phenoxy) is 2. The van der Waals surface area contributed by atoms with Crippen LogP contribution in [-0.4, -0.2) is 118 Å². The van der Waals surface area contributed by atoms with Crippen LogP contribution in [0.1, 0.15) is 117 Å². The van der Waals surface area contributed by atoms with E-state index in [1.54, 1.807) is 57.2 Å². The highest BCUT2D eigenvalue weighted by Gasteiger charge is 2.51. The van der Waals surface area contributed by atoms with Gasteiger partial charge in [-0.1, -0.05) is 50.6 Å². The molecule has 2 aromatic heterocycles. The highest BCUT2D eigenvalue weighted by Crippen LogP contribution is 2.49. The number of carbonyl (C=O) groups is 9. The lowest BCUT2D eigenvalue weighted by Crippen LogP contribution is -2.52. The minimum Gasteiger partial charge on any atom is -0.458 e. The third kappa shape index (κ3) is 11.6. The van der Waals surface area contributed by atoms with Gasteiger partial charge in [-0.3, -0.25) is 48.1 Å². The Bertz CT molecular complexity index is 3230. The fourth-order valence-electron chi connectivity index (χ4n) is 11.0. The number of rotatable bonds is 23. The van der Waals surface area contributed by atoms with Crippen LogP contribution in [0.15, 0.2) is 47.3 Å². The number of cyclic esters (lactones) is 1. The van der Waals surface area contributed by atoms with Crippen molar-refractivity contribution in [1.29, 1.82) is 0 Å². The zero-order chi connectivity index (χ0) is 56.3. The third-order valence-corrected chi connectivity index (χ3v) is 15.8. The maximum atomic E-state index is 15.5. The van der Waals surface area contributed by atoms with Gasteiger partial charge in [0, 0.05) is 54.3 Å². The van der Waals surface area contributed by atoms with Gasteiger partial charge in [0.25, 0.3) is 5.56 Å². The minimum absolute atomic E-state index is 0.0389. The highest BCUT2D eigenvalue weighted by atomic mass is 19.1. The molecule has 5 aliphatic rings. The van der Waals surface area contributed by atoms with Crippen LogP contribution in [0.5, 0.6) is 0 Å². The molecule has 8 amide bonds. The SMILES string of the molecule is CC[C@@]1(O)C(=O)OCc2c1cc1n(c2=O)Cc2c-1nc1cc(F)c(C)c3c1c2[C@@H](NC(=O)C1(COCNC(=O)CNC(=O)[C@H](Cc2ccccc2)NC(=O)CNC(=O)CNC(=O)CCCCCN2C(=O)CC(C)C2=O)CC1)CC3. The summed E-state index contributed by atoms with van der Waals surface area (Å²) in [5.41, 5.74) is 1.27. The molecule has 4 atom stereocenters. The van der Waals surface area contributed by atoms with Crippen LogP contribution in [0.4, 0.5) is 4.39 Å². The Morgan fingerprint density at radius 3 is 2.34 bits per heavy atom. The second-order valence-corrected chi connectivity index (χ2v) is 21.1. The number of unbranched alkanes of at least 4 members (excludes halogenated alkanes) is 2. The Morgan fingerprint density at radius 2 is 1.62 bits per heavy atom. The van der Waals surface area contributed by atoms with E-state index in [0.29, 0.717) is 96.0 Å². The van der Waals surface area contributed by atoms with Gasteiger partial charge in [-0.05, 0) is 80.2 Å². The van der Waals surface area contributed by atoms with Crippen molar-refractivity contribution in [3.8, 4) is 11.4 Å². The molecule has 5 heterocycles. The monoisotopic (exact) mass is 1090 g/mol. The molecule has 79 heavy (non-hydrogen) atoms. The number of amides is 8. The Morgan fingerprint density at radius 1 is 0.899 bits per heavy atom. The van der Waals surface area contributed by atoms with Crippen LogP contribution < -0.4 is 37.5 Å². The van der Waals surface area contributed by atoms with Gasteiger partial charge in [-0.25, -0.2) is 14.2 Å². The third-order valence-electron chi connectivity index (χ3n) is 15.8. The van der Waals surface area contributed by atoms with Gasteiger partial charge in [0.2, 0.25) is 47.3 Å². The quantitative estimate of drug-likeness (QED) is 0.0211. The number of carbonyl (C=O) groups excluding carboxylic acids is 9. The Labute approximate surface area is 453 Å². The predicted octanol–water partition coefficient (Wildman–Crippen LogP) is 1.53. The zero-order valence-corrected chi connectivity index (χ0v) is 44.3. The van der Waals surface area contributed by atoms with Gasteiger partial charge in [0.15, 0.2) is 5.60 Å². The molecule has 0 bridgehead atoms. The van der Waals surface area contributed by atoms with Crippen molar-refractivity contribution in [2.75, 3.05) is 39.5 Å². The number of halogens is 1. The molecule has 1 saturated carbocycles. The van der Waals surface area contributed by atoms with Gasteiger partial charge in [-0.2, -0.15) is 0 Å². The standard InChI is InChI=1S/C56H64FN9O13/c1-4-56(77)36-21-41-49-34(26-66(41)52(74)35(36)27-79-54(56)76)48-38(15-14-33-31(3)37(57)22-39(63-49)47(33)48)64-53(75)55(16-17-55)28-78-29-61-44(69)24-60-50(72)40(20-32-11-7-5-8-12-32)62-45(70)25-59-43(68)23-58-42(67)13-9-6-10-18-65-46(71)19-30(2)51(65)73/h5,7-8,11-12,21-22,30,38,40,77H,4,6,9-10,13-20,23-29H2,1-3H3,(H,58,67)(H,59,68)(H,60,72)(H,61,69)(H,62,70)(H,64,75)/t30?,38-,40-,56-/m0/s1. The average molecular weight is 1090 g/mol. The van der Waals surface area contributed by atoms with Crippen LogP contribution in [0.3, 0.4) is 0 Å². The summed E-state index contributed by atoms with van der Waals surface area (Å²) < 4.78 is 28.0. The van der Waals surface area contributed by atoms with Gasteiger partial charge in [0.05, 0.1) is 66.7 Å².